The molecule has 1 aliphatic carbocycles. The Labute approximate surface area is 153 Å². The molecule has 1 saturated carbocycles. The highest BCUT2D eigenvalue weighted by atomic mass is 32.2. The summed E-state index contributed by atoms with van der Waals surface area (Å²) >= 11 is 1.63. The Kier molecular flexibility index (Phi) is 4.64. The average molecular weight is 384 g/mol. The van der Waals surface area contributed by atoms with E-state index in [0.29, 0.717) is 19.5 Å². The molecule has 3 aliphatic rings. The summed E-state index contributed by atoms with van der Waals surface area (Å²) in [4.78, 5) is 15.0. The first kappa shape index (κ1) is 17.5. The molecule has 3 fully saturated rings. The monoisotopic (exact) mass is 383 g/mol. The van der Waals surface area contributed by atoms with Gasteiger partial charge in [0.05, 0.1) is 12.3 Å². The van der Waals surface area contributed by atoms with Gasteiger partial charge in [0.2, 0.25) is 15.9 Å². The second-order valence-corrected chi connectivity index (χ2v) is 10.4. The molecule has 1 aromatic heterocycles. The predicted molar refractivity (Wildman–Crippen MR) is 97.8 cm³/mol. The van der Waals surface area contributed by atoms with Crippen LogP contribution in [0.2, 0.25) is 0 Å². The second-order valence-electron chi connectivity index (χ2n) is 7.49. The molecule has 138 valence electrons. The van der Waals surface area contributed by atoms with E-state index in [1.165, 1.54) is 4.31 Å². The molecule has 1 unspecified atom stereocenters. The number of sulfonamides is 1. The van der Waals surface area contributed by atoms with Crippen molar-refractivity contribution in [3.05, 3.63) is 22.4 Å². The highest BCUT2D eigenvalue weighted by Gasteiger charge is 2.57. The largest absolute Gasteiger partial charge is 0.334 e. The summed E-state index contributed by atoms with van der Waals surface area (Å²) in [6.07, 6.45) is 3.89. The molecule has 25 heavy (non-hydrogen) atoms. The molecule has 8 heteroatoms. The number of hydrogen-bond acceptors (Lipinski definition) is 5. The lowest BCUT2D eigenvalue weighted by Crippen LogP contribution is -2.44. The van der Waals surface area contributed by atoms with Gasteiger partial charge in [-0.1, -0.05) is 0 Å². The first-order chi connectivity index (χ1) is 12.0. The van der Waals surface area contributed by atoms with Gasteiger partial charge in [-0.15, -0.1) is 0 Å². The lowest BCUT2D eigenvalue weighted by Gasteiger charge is -2.30. The molecule has 1 atom stereocenters. The van der Waals surface area contributed by atoms with Crippen molar-refractivity contribution in [2.45, 2.75) is 38.3 Å². The maximum Gasteiger partial charge on any atom is 0.238 e. The van der Waals surface area contributed by atoms with Crippen molar-refractivity contribution in [3.63, 3.8) is 0 Å². The summed E-state index contributed by atoms with van der Waals surface area (Å²) in [5.41, 5.74) is 1.39. The standard InChI is InChI=1S/C17H25N3O3S2/c21-16(12-19-7-1-9-25(19,22)23)20(11-14-2-8-24-13-14)15-10-17(15)3-5-18-6-4-17/h2,8,13,15,18H,1,3-7,9-12H2. The Bertz CT molecular complexity index is 726. The van der Waals surface area contributed by atoms with Crippen LogP contribution in [0.3, 0.4) is 0 Å². The zero-order valence-corrected chi connectivity index (χ0v) is 15.9. The van der Waals surface area contributed by atoms with Gasteiger partial charge in [0.15, 0.2) is 0 Å². The van der Waals surface area contributed by atoms with Crippen LogP contribution in [0.15, 0.2) is 16.8 Å². The molecule has 1 spiro atoms. The van der Waals surface area contributed by atoms with E-state index in [2.05, 4.69) is 16.8 Å². The number of hydrogen-bond donors (Lipinski definition) is 1. The molecule has 6 nitrogen and oxygen atoms in total. The normalized spacial score (nSPS) is 27.4. The van der Waals surface area contributed by atoms with Crippen LogP contribution < -0.4 is 5.32 Å². The van der Waals surface area contributed by atoms with Gasteiger partial charge in [-0.2, -0.15) is 15.6 Å². The fourth-order valence-corrected chi connectivity index (χ4v) is 6.42. The third-order valence-electron chi connectivity index (χ3n) is 5.89. The Morgan fingerprint density at radius 1 is 1.40 bits per heavy atom. The molecule has 1 N–H and O–H groups in total. The first-order valence-corrected chi connectivity index (χ1v) is 11.5. The molecule has 0 bridgehead atoms. The number of nitrogens with one attached hydrogen (secondary N) is 1. The zero-order valence-electron chi connectivity index (χ0n) is 14.3. The molecule has 1 amide bonds. The molecule has 1 aromatic rings. The number of amides is 1. The van der Waals surface area contributed by atoms with E-state index in [1.807, 2.05) is 10.3 Å². The summed E-state index contributed by atoms with van der Waals surface area (Å²) in [7, 11) is -3.24. The maximum atomic E-state index is 13.0. The van der Waals surface area contributed by atoms with Crippen LogP contribution in [0.1, 0.15) is 31.2 Å². The highest BCUT2D eigenvalue weighted by Crippen LogP contribution is 2.56. The molecule has 0 aromatic carbocycles. The third-order valence-corrected chi connectivity index (χ3v) is 8.53. The fraction of sp³-hybridized carbons (Fsp3) is 0.706. The van der Waals surface area contributed by atoms with Gasteiger partial charge in [0.25, 0.3) is 0 Å². The van der Waals surface area contributed by atoms with Crippen LogP contribution in [0.4, 0.5) is 0 Å². The molecule has 2 aliphatic heterocycles. The summed E-state index contributed by atoms with van der Waals surface area (Å²) in [5, 5.41) is 7.49. The van der Waals surface area contributed by atoms with E-state index >= 15 is 0 Å². The Morgan fingerprint density at radius 3 is 2.84 bits per heavy atom. The van der Waals surface area contributed by atoms with Crippen molar-refractivity contribution in [1.29, 1.82) is 0 Å². The minimum absolute atomic E-state index is 0.00268. The van der Waals surface area contributed by atoms with Crippen molar-refractivity contribution >= 4 is 27.3 Å². The van der Waals surface area contributed by atoms with Crippen molar-refractivity contribution in [2.24, 2.45) is 5.41 Å². The van der Waals surface area contributed by atoms with Crippen LogP contribution in [0.25, 0.3) is 0 Å². The summed E-state index contributed by atoms with van der Waals surface area (Å²) < 4.78 is 25.5. The number of piperidine rings is 1. The number of rotatable bonds is 5. The molecular formula is C17H25N3O3S2. The fourth-order valence-electron chi connectivity index (χ4n) is 4.29. The third kappa shape index (κ3) is 3.49. The molecule has 2 saturated heterocycles. The van der Waals surface area contributed by atoms with Gasteiger partial charge < -0.3 is 10.2 Å². The zero-order chi connectivity index (χ0) is 17.5. The lowest BCUT2D eigenvalue weighted by molar-refractivity contribution is -0.133. The van der Waals surface area contributed by atoms with Gasteiger partial charge in [-0.25, -0.2) is 8.42 Å². The van der Waals surface area contributed by atoms with Crippen LogP contribution in [-0.2, 0) is 21.4 Å². The van der Waals surface area contributed by atoms with E-state index in [1.54, 1.807) is 11.3 Å². The van der Waals surface area contributed by atoms with Crippen LogP contribution >= 0.6 is 11.3 Å². The van der Waals surface area contributed by atoms with Gasteiger partial charge in [0, 0.05) is 19.1 Å². The topological polar surface area (TPSA) is 69.7 Å². The SMILES string of the molecule is O=C(CN1CCCS1(=O)=O)N(Cc1ccsc1)C1CC12CCNCC2. The number of nitrogens with zero attached hydrogens (tertiary/aromatic N) is 2. The Hall–Kier alpha value is -0.960. The average Bonchev–Trinajstić information content (AvgIpc) is 2.93. The number of thiophene rings is 1. The van der Waals surface area contributed by atoms with Crippen molar-refractivity contribution in [3.8, 4) is 0 Å². The number of carbonyl (C=O) groups is 1. The van der Waals surface area contributed by atoms with E-state index in [4.69, 9.17) is 0 Å². The first-order valence-electron chi connectivity index (χ1n) is 8.99. The predicted octanol–water partition coefficient (Wildman–Crippen LogP) is 1.25. The van der Waals surface area contributed by atoms with Crippen LogP contribution in [-0.4, -0.2) is 61.5 Å². The quantitative estimate of drug-likeness (QED) is 0.831. The van der Waals surface area contributed by atoms with Gasteiger partial charge in [-0.3, -0.25) is 4.79 Å². The molecule has 4 rings (SSSR count). The van der Waals surface area contributed by atoms with Crippen LogP contribution in [0, 0.1) is 5.41 Å². The minimum atomic E-state index is -3.24. The Morgan fingerprint density at radius 2 is 2.20 bits per heavy atom. The van der Waals surface area contributed by atoms with Crippen molar-refractivity contribution in [2.75, 3.05) is 31.9 Å². The van der Waals surface area contributed by atoms with Crippen molar-refractivity contribution in [1.82, 2.24) is 14.5 Å². The highest BCUT2D eigenvalue weighted by molar-refractivity contribution is 7.89. The van der Waals surface area contributed by atoms with Crippen molar-refractivity contribution < 1.29 is 13.2 Å². The van der Waals surface area contributed by atoms with E-state index in [9.17, 15) is 13.2 Å². The minimum Gasteiger partial charge on any atom is -0.334 e. The Balaban J connectivity index is 1.50. The smallest absolute Gasteiger partial charge is 0.238 e. The van der Waals surface area contributed by atoms with E-state index in [0.717, 1.165) is 37.9 Å². The molecule has 0 radical (unpaired) electrons. The van der Waals surface area contributed by atoms with E-state index < -0.39 is 10.0 Å². The maximum absolute atomic E-state index is 13.0. The summed E-state index contributed by atoms with van der Waals surface area (Å²) in [5.74, 6) is 0.126. The second kappa shape index (κ2) is 6.64. The summed E-state index contributed by atoms with van der Waals surface area (Å²) in [6.45, 7) is 3.09. The van der Waals surface area contributed by atoms with E-state index in [-0.39, 0.29) is 29.7 Å². The summed E-state index contributed by atoms with van der Waals surface area (Å²) in [6, 6.07) is 2.31. The van der Waals surface area contributed by atoms with Gasteiger partial charge in [0.1, 0.15) is 0 Å². The van der Waals surface area contributed by atoms with Gasteiger partial charge >= 0.3 is 0 Å². The molecule has 3 heterocycles. The lowest BCUT2D eigenvalue weighted by atomic mass is 9.93. The molecular weight excluding hydrogens is 358 g/mol. The van der Waals surface area contributed by atoms with Gasteiger partial charge in [-0.05, 0) is 66.6 Å². The number of carbonyl (C=O) groups excluding carboxylic acids is 1. The van der Waals surface area contributed by atoms with Crippen LogP contribution in [0.5, 0.6) is 0 Å².